The van der Waals surface area contributed by atoms with E-state index in [2.05, 4.69) is 36.2 Å². The maximum absolute atomic E-state index is 6.05. The van der Waals surface area contributed by atoms with Gasteiger partial charge in [0.2, 0.25) is 0 Å². The zero-order chi connectivity index (χ0) is 15.1. The molecule has 2 unspecified atom stereocenters. The molecule has 0 aromatic heterocycles. The Morgan fingerprint density at radius 1 is 1.38 bits per heavy atom. The van der Waals surface area contributed by atoms with Crippen molar-refractivity contribution in [1.82, 2.24) is 4.90 Å². The monoisotopic (exact) mass is 292 g/mol. The minimum atomic E-state index is 0.210. The standard InChI is InChI=1S/C17H28N2O2/c1-19(12-15-8-5-6-10-21-15)17(11-18)16-9-4-3-7-14(16)13-20-2/h3-4,7,9,15,17H,5-6,8,10-13,18H2,1-2H3. The second kappa shape index (κ2) is 8.49. The summed E-state index contributed by atoms with van der Waals surface area (Å²) in [5, 5.41) is 0. The molecule has 1 aliphatic rings. The lowest BCUT2D eigenvalue weighted by Gasteiger charge is -2.33. The summed E-state index contributed by atoms with van der Waals surface area (Å²) in [6.45, 7) is 3.06. The molecule has 2 rings (SSSR count). The second-order valence-corrected chi connectivity index (χ2v) is 5.81. The summed E-state index contributed by atoms with van der Waals surface area (Å²) in [5.41, 5.74) is 8.53. The molecule has 2 N–H and O–H groups in total. The van der Waals surface area contributed by atoms with Gasteiger partial charge >= 0.3 is 0 Å². The number of methoxy groups -OCH3 is 1. The normalized spacial score (nSPS) is 20.7. The highest BCUT2D eigenvalue weighted by Gasteiger charge is 2.22. The minimum Gasteiger partial charge on any atom is -0.380 e. The van der Waals surface area contributed by atoms with Crippen LogP contribution < -0.4 is 5.73 Å². The van der Waals surface area contributed by atoms with Crippen molar-refractivity contribution in [2.24, 2.45) is 5.73 Å². The molecule has 0 saturated carbocycles. The fourth-order valence-corrected chi connectivity index (χ4v) is 3.09. The van der Waals surface area contributed by atoms with Crippen molar-refractivity contribution in [3.8, 4) is 0 Å². The Balaban J connectivity index is 2.07. The molecule has 1 aliphatic heterocycles. The van der Waals surface area contributed by atoms with Crippen LogP contribution >= 0.6 is 0 Å². The molecule has 1 heterocycles. The predicted molar refractivity (Wildman–Crippen MR) is 85.2 cm³/mol. The molecule has 0 aliphatic carbocycles. The third-order valence-electron chi connectivity index (χ3n) is 4.23. The summed E-state index contributed by atoms with van der Waals surface area (Å²) in [7, 11) is 3.87. The maximum Gasteiger partial charge on any atom is 0.0716 e. The van der Waals surface area contributed by atoms with E-state index >= 15 is 0 Å². The highest BCUT2D eigenvalue weighted by Crippen LogP contribution is 2.24. The van der Waals surface area contributed by atoms with E-state index in [0.717, 1.165) is 19.6 Å². The van der Waals surface area contributed by atoms with E-state index in [1.165, 1.54) is 24.0 Å². The highest BCUT2D eigenvalue weighted by molar-refractivity contribution is 5.30. The lowest BCUT2D eigenvalue weighted by molar-refractivity contribution is -0.00791. The average molecular weight is 292 g/mol. The van der Waals surface area contributed by atoms with Gasteiger partial charge in [-0.1, -0.05) is 24.3 Å². The first kappa shape index (κ1) is 16.4. The summed E-state index contributed by atoms with van der Waals surface area (Å²) in [5.74, 6) is 0. The zero-order valence-corrected chi connectivity index (χ0v) is 13.3. The molecule has 0 amide bonds. The first-order valence-electron chi connectivity index (χ1n) is 7.85. The molecule has 4 nitrogen and oxygen atoms in total. The van der Waals surface area contributed by atoms with E-state index in [9.17, 15) is 0 Å². The molecule has 0 bridgehead atoms. The zero-order valence-electron chi connectivity index (χ0n) is 13.3. The van der Waals surface area contributed by atoms with E-state index in [0.29, 0.717) is 19.3 Å². The largest absolute Gasteiger partial charge is 0.380 e. The Labute approximate surface area is 128 Å². The summed E-state index contributed by atoms with van der Waals surface area (Å²) < 4.78 is 11.2. The van der Waals surface area contributed by atoms with Gasteiger partial charge < -0.3 is 15.2 Å². The number of benzene rings is 1. The summed E-state index contributed by atoms with van der Waals surface area (Å²) in [6.07, 6.45) is 3.96. The number of nitrogens with zero attached hydrogens (tertiary/aromatic N) is 1. The number of hydrogen-bond donors (Lipinski definition) is 1. The van der Waals surface area contributed by atoms with Crippen molar-refractivity contribution in [3.05, 3.63) is 35.4 Å². The van der Waals surface area contributed by atoms with Gasteiger partial charge in [0.1, 0.15) is 0 Å². The summed E-state index contributed by atoms with van der Waals surface area (Å²) in [6, 6.07) is 8.61. The van der Waals surface area contributed by atoms with Gasteiger partial charge in [0.15, 0.2) is 0 Å². The van der Waals surface area contributed by atoms with E-state index in [1.807, 2.05) is 0 Å². The average Bonchev–Trinajstić information content (AvgIpc) is 2.51. The number of hydrogen-bond acceptors (Lipinski definition) is 4. The van der Waals surface area contributed by atoms with Crippen LogP contribution in [0.5, 0.6) is 0 Å². The number of ether oxygens (including phenoxy) is 2. The molecule has 0 radical (unpaired) electrons. The van der Waals surface area contributed by atoms with Crippen LogP contribution in [0, 0.1) is 0 Å². The number of nitrogens with two attached hydrogens (primary N) is 1. The lowest BCUT2D eigenvalue weighted by Crippen LogP contribution is -2.38. The predicted octanol–water partition coefficient (Wildman–Crippen LogP) is 2.33. The van der Waals surface area contributed by atoms with Crippen LogP contribution in [-0.4, -0.2) is 44.9 Å². The summed E-state index contributed by atoms with van der Waals surface area (Å²) in [4.78, 5) is 2.32. The van der Waals surface area contributed by atoms with Crippen LogP contribution in [0.3, 0.4) is 0 Å². The van der Waals surface area contributed by atoms with Crippen LogP contribution in [0.2, 0.25) is 0 Å². The van der Waals surface area contributed by atoms with Crippen molar-refractivity contribution in [2.75, 3.05) is 33.9 Å². The van der Waals surface area contributed by atoms with Crippen molar-refractivity contribution in [2.45, 2.75) is 38.0 Å². The van der Waals surface area contributed by atoms with Crippen LogP contribution in [0.15, 0.2) is 24.3 Å². The van der Waals surface area contributed by atoms with Gasteiger partial charge in [-0.15, -0.1) is 0 Å². The van der Waals surface area contributed by atoms with Gasteiger partial charge in [-0.05, 0) is 37.4 Å². The molecular formula is C17H28N2O2. The molecule has 118 valence electrons. The molecule has 1 saturated heterocycles. The molecule has 2 atom stereocenters. The van der Waals surface area contributed by atoms with Crippen LogP contribution in [0.25, 0.3) is 0 Å². The Bertz CT molecular complexity index is 419. The maximum atomic E-state index is 6.05. The SMILES string of the molecule is COCc1ccccc1C(CN)N(C)CC1CCCCO1. The van der Waals surface area contributed by atoms with E-state index < -0.39 is 0 Å². The molecule has 0 spiro atoms. The van der Waals surface area contributed by atoms with Gasteiger partial charge in [0, 0.05) is 32.8 Å². The Morgan fingerprint density at radius 3 is 2.86 bits per heavy atom. The second-order valence-electron chi connectivity index (χ2n) is 5.81. The van der Waals surface area contributed by atoms with Crippen LogP contribution in [-0.2, 0) is 16.1 Å². The third-order valence-corrected chi connectivity index (χ3v) is 4.23. The van der Waals surface area contributed by atoms with Crippen molar-refractivity contribution in [3.63, 3.8) is 0 Å². The molecule has 1 aromatic carbocycles. The summed E-state index contributed by atoms with van der Waals surface area (Å²) >= 11 is 0. The molecule has 1 aromatic rings. The Kier molecular flexibility index (Phi) is 6.64. The topological polar surface area (TPSA) is 47.7 Å². The van der Waals surface area contributed by atoms with Gasteiger partial charge in [-0.2, -0.15) is 0 Å². The fraction of sp³-hybridized carbons (Fsp3) is 0.647. The van der Waals surface area contributed by atoms with E-state index in [1.54, 1.807) is 7.11 Å². The van der Waals surface area contributed by atoms with Crippen molar-refractivity contribution >= 4 is 0 Å². The molecule has 21 heavy (non-hydrogen) atoms. The molecular weight excluding hydrogens is 264 g/mol. The van der Waals surface area contributed by atoms with Gasteiger partial charge in [0.25, 0.3) is 0 Å². The fourth-order valence-electron chi connectivity index (χ4n) is 3.09. The Morgan fingerprint density at radius 2 is 2.19 bits per heavy atom. The first-order chi connectivity index (χ1) is 10.3. The molecule has 1 fully saturated rings. The van der Waals surface area contributed by atoms with Gasteiger partial charge in [0.05, 0.1) is 12.7 Å². The van der Waals surface area contributed by atoms with Crippen LogP contribution in [0.4, 0.5) is 0 Å². The quantitative estimate of drug-likeness (QED) is 0.838. The molecule has 4 heteroatoms. The van der Waals surface area contributed by atoms with E-state index in [-0.39, 0.29) is 6.04 Å². The number of rotatable bonds is 7. The number of likely N-dealkylation sites (N-methyl/N-ethyl adjacent to an activating group) is 1. The van der Waals surface area contributed by atoms with Gasteiger partial charge in [-0.25, -0.2) is 0 Å². The lowest BCUT2D eigenvalue weighted by atomic mass is 9.99. The minimum absolute atomic E-state index is 0.210. The van der Waals surface area contributed by atoms with Crippen LogP contribution in [0.1, 0.15) is 36.4 Å². The smallest absolute Gasteiger partial charge is 0.0716 e. The van der Waals surface area contributed by atoms with Crippen molar-refractivity contribution in [1.29, 1.82) is 0 Å². The van der Waals surface area contributed by atoms with Gasteiger partial charge in [-0.3, -0.25) is 4.90 Å². The van der Waals surface area contributed by atoms with E-state index in [4.69, 9.17) is 15.2 Å². The van der Waals surface area contributed by atoms with Crippen molar-refractivity contribution < 1.29 is 9.47 Å². The highest BCUT2D eigenvalue weighted by atomic mass is 16.5. The third kappa shape index (κ3) is 4.51. The first-order valence-corrected chi connectivity index (χ1v) is 7.85. The Hall–Kier alpha value is -0.940.